The summed E-state index contributed by atoms with van der Waals surface area (Å²) in [5.74, 6) is 0.944. The molecule has 1 nitrogen and oxygen atoms in total. The van der Waals surface area contributed by atoms with Crippen LogP contribution >= 0.6 is 0 Å². The highest BCUT2D eigenvalue weighted by atomic mass is 14.8. The Bertz CT molecular complexity index is 124. The Kier molecular flexibility index (Phi) is 0.651. The van der Waals surface area contributed by atoms with Crippen molar-refractivity contribution in [2.45, 2.75) is 19.3 Å². The molecule has 0 bridgehead atoms. The molecule has 0 aromatic carbocycles. The number of hydrogen-bond donors (Lipinski definition) is 0. The summed E-state index contributed by atoms with van der Waals surface area (Å²) >= 11 is 0. The predicted molar refractivity (Wildman–Crippen MR) is 34.2 cm³/mol. The van der Waals surface area contributed by atoms with Crippen LogP contribution in [0.3, 0.4) is 0 Å². The van der Waals surface area contributed by atoms with E-state index in [4.69, 9.17) is 0 Å². The summed E-state index contributed by atoms with van der Waals surface area (Å²) in [6, 6.07) is 0. The molecule has 2 rings (SSSR count). The third-order valence-corrected chi connectivity index (χ3v) is 2.60. The zero-order valence-electron chi connectivity index (χ0n) is 5.06. The van der Waals surface area contributed by atoms with Gasteiger partial charge in [0.1, 0.15) is 0 Å². The van der Waals surface area contributed by atoms with Gasteiger partial charge in [-0.2, -0.15) is 0 Å². The minimum Gasteiger partial charge on any atom is -0.301 e. The van der Waals surface area contributed by atoms with Crippen molar-refractivity contribution in [1.29, 1.82) is 0 Å². The second-order valence-corrected chi connectivity index (χ2v) is 3.17. The first-order valence-corrected chi connectivity index (χ1v) is 3.30. The van der Waals surface area contributed by atoms with Crippen LogP contribution in [0.4, 0.5) is 0 Å². The third kappa shape index (κ3) is 0.445. The standard InChI is InChI=1S/C7H11N/c1-8-5-6-4-7(6)2-3-7/h6H,1-5H2. The Labute approximate surface area is 49.8 Å². The maximum atomic E-state index is 3.88. The zero-order valence-corrected chi connectivity index (χ0v) is 5.06. The van der Waals surface area contributed by atoms with Gasteiger partial charge in [-0.25, -0.2) is 0 Å². The molecule has 2 aliphatic carbocycles. The van der Waals surface area contributed by atoms with Crippen molar-refractivity contribution in [2.75, 3.05) is 6.54 Å². The molecule has 0 saturated heterocycles. The van der Waals surface area contributed by atoms with E-state index in [2.05, 4.69) is 11.7 Å². The average Bonchev–Trinajstić information content (AvgIpc) is 2.57. The number of nitrogens with zero attached hydrogens (tertiary/aromatic N) is 1. The molecule has 0 aromatic rings. The molecular weight excluding hydrogens is 98.1 g/mol. The molecule has 2 saturated carbocycles. The number of rotatable bonds is 2. The van der Waals surface area contributed by atoms with Crippen LogP contribution in [0.15, 0.2) is 4.99 Å². The molecule has 1 atom stereocenters. The van der Waals surface area contributed by atoms with E-state index < -0.39 is 0 Å². The van der Waals surface area contributed by atoms with Crippen molar-refractivity contribution in [3.05, 3.63) is 0 Å². The Morgan fingerprint density at radius 1 is 1.62 bits per heavy atom. The molecule has 1 unspecified atom stereocenters. The second-order valence-electron chi connectivity index (χ2n) is 3.17. The van der Waals surface area contributed by atoms with Crippen molar-refractivity contribution in [3.8, 4) is 0 Å². The Morgan fingerprint density at radius 3 is 2.75 bits per heavy atom. The summed E-state index contributed by atoms with van der Waals surface area (Å²) in [4.78, 5) is 3.88. The highest BCUT2D eigenvalue weighted by Gasteiger charge is 2.61. The van der Waals surface area contributed by atoms with Gasteiger partial charge in [-0.15, -0.1) is 0 Å². The molecule has 44 valence electrons. The molecule has 0 heterocycles. The van der Waals surface area contributed by atoms with Gasteiger partial charge in [0.2, 0.25) is 0 Å². The van der Waals surface area contributed by atoms with E-state index in [-0.39, 0.29) is 0 Å². The first kappa shape index (κ1) is 4.54. The normalized spacial score (nSPS) is 37.2. The fraction of sp³-hybridized carbons (Fsp3) is 0.857. The molecule has 2 aliphatic rings. The molecular formula is C7H11N. The lowest BCUT2D eigenvalue weighted by Crippen LogP contribution is -1.83. The van der Waals surface area contributed by atoms with E-state index in [0.29, 0.717) is 0 Å². The first-order valence-electron chi connectivity index (χ1n) is 3.30. The van der Waals surface area contributed by atoms with Crippen LogP contribution in [0.2, 0.25) is 0 Å². The molecule has 0 aliphatic heterocycles. The van der Waals surface area contributed by atoms with Crippen molar-refractivity contribution in [1.82, 2.24) is 0 Å². The molecule has 0 amide bonds. The highest BCUT2D eigenvalue weighted by molar-refractivity contribution is 5.24. The fourth-order valence-electron chi connectivity index (χ4n) is 1.62. The van der Waals surface area contributed by atoms with Crippen LogP contribution in [0.5, 0.6) is 0 Å². The van der Waals surface area contributed by atoms with Gasteiger partial charge in [0.05, 0.1) is 0 Å². The highest BCUT2D eigenvalue weighted by Crippen LogP contribution is 2.70. The quantitative estimate of drug-likeness (QED) is 0.476. The molecule has 0 radical (unpaired) electrons. The van der Waals surface area contributed by atoms with Crippen LogP contribution in [-0.4, -0.2) is 13.3 Å². The van der Waals surface area contributed by atoms with E-state index >= 15 is 0 Å². The lowest BCUT2D eigenvalue weighted by atomic mass is 10.3. The molecule has 0 aromatic heterocycles. The minimum absolute atomic E-state index is 0.835. The van der Waals surface area contributed by atoms with Gasteiger partial charge in [0.15, 0.2) is 0 Å². The Morgan fingerprint density at radius 2 is 2.38 bits per heavy atom. The third-order valence-electron chi connectivity index (χ3n) is 2.60. The fourth-order valence-corrected chi connectivity index (χ4v) is 1.62. The first-order chi connectivity index (χ1) is 3.87. The minimum atomic E-state index is 0.835. The van der Waals surface area contributed by atoms with Crippen molar-refractivity contribution in [3.63, 3.8) is 0 Å². The second kappa shape index (κ2) is 1.15. The van der Waals surface area contributed by atoms with Gasteiger partial charge in [-0.1, -0.05) is 0 Å². The summed E-state index contributed by atoms with van der Waals surface area (Å²) in [7, 11) is 0. The summed E-state index contributed by atoms with van der Waals surface area (Å²) < 4.78 is 0. The largest absolute Gasteiger partial charge is 0.301 e. The number of hydrogen-bond acceptors (Lipinski definition) is 1. The predicted octanol–water partition coefficient (Wildman–Crippen LogP) is 1.49. The van der Waals surface area contributed by atoms with Crippen LogP contribution in [0.1, 0.15) is 19.3 Å². The van der Waals surface area contributed by atoms with E-state index in [9.17, 15) is 0 Å². The summed E-state index contributed by atoms with van der Waals surface area (Å²) in [5, 5.41) is 0. The van der Waals surface area contributed by atoms with Crippen LogP contribution in [-0.2, 0) is 0 Å². The van der Waals surface area contributed by atoms with E-state index in [1.54, 1.807) is 0 Å². The van der Waals surface area contributed by atoms with Gasteiger partial charge in [-0.3, -0.25) is 0 Å². The maximum absolute atomic E-state index is 3.88. The van der Waals surface area contributed by atoms with Gasteiger partial charge in [-0.05, 0) is 37.3 Å². The average molecular weight is 109 g/mol. The smallest absolute Gasteiger partial charge is 0.0415 e. The van der Waals surface area contributed by atoms with Gasteiger partial charge in [0.25, 0.3) is 0 Å². The number of aliphatic imine (C=N–C) groups is 1. The molecule has 1 spiro atoms. The maximum Gasteiger partial charge on any atom is 0.0415 e. The van der Waals surface area contributed by atoms with Gasteiger partial charge in [0, 0.05) is 6.54 Å². The molecule has 0 N–H and O–H groups in total. The summed E-state index contributed by atoms with van der Waals surface area (Å²) in [6.45, 7) is 4.51. The van der Waals surface area contributed by atoms with Crippen LogP contribution in [0.25, 0.3) is 0 Å². The molecule has 1 heteroatoms. The Hall–Kier alpha value is -0.330. The topological polar surface area (TPSA) is 12.4 Å². The summed E-state index contributed by atoms with van der Waals surface area (Å²) in [6.07, 6.45) is 4.41. The monoisotopic (exact) mass is 109 g/mol. The van der Waals surface area contributed by atoms with E-state index in [0.717, 1.165) is 17.9 Å². The van der Waals surface area contributed by atoms with Crippen molar-refractivity contribution < 1.29 is 0 Å². The zero-order chi connectivity index (χ0) is 5.61. The van der Waals surface area contributed by atoms with Crippen LogP contribution < -0.4 is 0 Å². The van der Waals surface area contributed by atoms with Crippen LogP contribution in [0, 0.1) is 11.3 Å². The van der Waals surface area contributed by atoms with E-state index in [1.165, 1.54) is 19.3 Å². The van der Waals surface area contributed by atoms with Crippen molar-refractivity contribution in [2.24, 2.45) is 16.3 Å². The van der Waals surface area contributed by atoms with Gasteiger partial charge >= 0.3 is 0 Å². The summed E-state index contributed by atoms with van der Waals surface area (Å²) in [5.41, 5.74) is 0.835. The van der Waals surface area contributed by atoms with E-state index in [1.807, 2.05) is 0 Å². The molecule has 8 heavy (non-hydrogen) atoms. The Balaban J connectivity index is 1.88. The van der Waals surface area contributed by atoms with Crippen molar-refractivity contribution >= 4 is 6.72 Å². The lowest BCUT2D eigenvalue weighted by Gasteiger charge is -1.84. The lowest BCUT2D eigenvalue weighted by molar-refractivity contribution is 0.719. The molecule has 2 fully saturated rings. The van der Waals surface area contributed by atoms with Gasteiger partial charge < -0.3 is 4.99 Å². The SMILES string of the molecule is C=NCC1CC12CC2.